The van der Waals surface area contributed by atoms with Gasteiger partial charge < -0.3 is 5.11 Å². The highest BCUT2D eigenvalue weighted by molar-refractivity contribution is 7.92. The number of hydrogen-bond acceptors (Lipinski definition) is 5. The quantitative estimate of drug-likeness (QED) is 0.545. The van der Waals surface area contributed by atoms with Crippen molar-refractivity contribution in [2.24, 2.45) is 0 Å². The fraction of sp³-hybridized carbons (Fsp3) is 0.478. The van der Waals surface area contributed by atoms with Gasteiger partial charge in [-0.3, -0.25) is 14.1 Å². The van der Waals surface area contributed by atoms with Gasteiger partial charge in [-0.2, -0.15) is 0 Å². The van der Waals surface area contributed by atoms with Gasteiger partial charge in [0, 0.05) is 36.3 Å². The Balaban J connectivity index is 0.00000193. The Hall–Kier alpha value is -1.22. The summed E-state index contributed by atoms with van der Waals surface area (Å²) in [5.74, 6) is 0.292. The lowest BCUT2D eigenvalue weighted by Crippen LogP contribution is -2.27. The maximum Gasteiger partial charge on any atom is 0.264 e. The van der Waals surface area contributed by atoms with Crippen LogP contribution in [0.4, 0.5) is 5.69 Å². The molecule has 2 aliphatic heterocycles. The number of rotatable bonds is 7. The molecule has 2 aromatic rings. The van der Waals surface area contributed by atoms with Crippen LogP contribution in [0.15, 0.2) is 41.3 Å². The van der Waals surface area contributed by atoms with Crippen molar-refractivity contribution in [1.29, 1.82) is 0 Å². The van der Waals surface area contributed by atoms with Crippen molar-refractivity contribution >= 4 is 52.1 Å². The largest absolute Gasteiger partial charge is 0.507 e. The van der Waals surface area contributed by atoms with E-state index >= 15 is 0 Å². The molecule has 2 saturated heterocycles. The maximum atomic E-state index is 13.2. The SMILES string of the molecule is CN(c1cc(CN2CCCC2)c(O)c(CN2CCCC2)c1)S(=O)(=O)c1ccc(Cl)cc1.Cl.Cl. The van der Waals surface area contributed by atoms with E-state index in [1.54, 1.807) is 19.2 Å². The molecule has 2 aliphatic rings. The molecular weight excluding hydrogens is 505 g/mol. The van der Waals surface area contributed by atoms with E-state index in [1.807, 2.05) is 12.1 Å². The number of sulfonamides is 1. The molecule has 0 radical (unpaired) electrons. The molecule has 2 aromatic carbocycles. The monoisotopic (exact) mass is 535 g/mol. The Morgan fingerprint density at radius 2 is 1.30 bits per heavy atom. The fourth-order valence-corrected chi connectivity index (χ4v) is 5.74. The second kappa shape index (κ2) is 12.0. The minimum absolute atomic E-state index is 0. The Labute approximate surface area is 214 Å². The van der Waals surface area contributed by atoms with Gasteiger partial charge in [0.1, 0.15) is 5.75 Å². The molecule has 6 nitrogen and oxygen atoms in total. The first-order valence-corrected chi connectivity index (χ1v) is 12.7. The number of phenols is 1. The molecule has 0 aromatic heterocycles. The molecule has 0 spiro atoms. The van der Waals surface area contributed by atoms with Gasteiger partial charge in [0.15, 0.2) is 0 Å². The first-order chi connectivity index (χ1) is 14.8. The third-order valence-electron chi connectivity index (χ3n) is 6.27. The molecule has 2 heterocycles. The fourth-order valence-electron chi connectivity index (χ4n) is 4.43. The van der Waals surface area contributed by atoms with Gasteiger partial charge >= 0.3 is 0 Å². The highest BCUT2D eigenvalue weighted by Gasteiger charge is 2.25. The van der Waals surface area contributed by atoms with Gasteiger partial charge in [0.05, 0.1) is 10.6 Å². The smallest absolute Gasteiger partial charge is 0.264 e. The Morgan fingerprint density at radius 3 is 1.73 bits per heavy atom. The van der Waals surface area contributed by atoms with Crippen molar-refractivity contribution in [2.75, 3.05) is 37.5 Å². The summed E-state index contributed by atoms with van der Waals surface area (Å²) in [5.41, 5.74) is 2.13. The van der Waals surface area contributed by atoms with Gasteiger partial charge in [-0.1, -0.05) is 11.6 Å². The lowest BCUT2D eigenvalue weighted by atomic mass is 10.1. The predicted molar refractivity (Wildman–Crippen MR) is 139 cm³/mol. The van der Waals surface area contributed by atoms with E-state index in [-0.39, 0.29) is 29.7 Å². The van der Waals surface area contributed by atoms with Crippen LogP contribution >= 0.6 is 36.4 Å². The van der Waals surface area contributed by atoms with Gasteiger partial charge in [-0.05, 0) is 88.3 Å². The Morgan fingerprint density at radius 1 is 0.879 bits per heavy atom. The van der Waals surface area contributed by atoms with E-state index < -0.39 is 10.0 Å². The minimum Gasteiger partial charge on any atom is -0.507 e. The maximum absolute atomic E-state index is 13.2. The summed E-state index contributed by atoms with van der Waals surface area (Å²) < 4.78 is 27.8. The lowest BCUT2D eigenvalue weighted by molar-refractivity contribution is 0.312. The molecule has 10 heteroatoms. The molecule has 33 heavy (non-hydrogen) atoms. The molecule has 0 amide bonds. The molecule has 0 aliphatic carbocycles. The van der Waals surface area contributed by atoms with Crippen LogP contribution < -0.4 is 4.31 Å². The summed E-state index contributed by atoms with van der Waals surface area (Å²) in [6.45, 7) is 5.27. The van der Waals surface area contributed by atoms with Crippen LogP contribution in [0.2, 0.25) is 5.02 Å². The molecule has 0 atom stereocenters. The average Bonchev–Trinajstić information content (AvgIpc) is 3.45. The van der Waals surface area contributed by atoms with E-state index in [1.165, 1.54) is 16.4 Å². The van der Waals surface area contributed by atoms with Crippen molar-refractivity contribution in [1.82, 2.24) is 9.80 Å². The van der Waals surface area contributed by atoms with Crippen LogP contribution in [0.3, 0.4) is 0 Å². The van der Waals surface area contributed by atoms with E-state index in [9.17, 15) is 13.5 Å². The van der Waals surface area contributed by atoms with Crippen molar-refractivity contribution in [2.45, 2.75) is 43.7 Å². The zero-order valence-electron chi connectivity index (χ0n) is 18.7. The average molecular weight is 537 g/mol. The van der Waals surface area contributed by atoms with Gasteiger partial charge in [0.25, 0.3) is 10.0 Å². The number of halogens is 3. The van der Waals surface area contributed by atoms with Crippen LogP contribution in [0, 0.1) is 0 Å². The van der Waals surface area contributed by atoms with Gasteiger partial charge in [-0.25, -0.2) is 8.42 Å². The standard InChI is InChI=1S/C23H30ClN3O3S.2ClH/c1-25(31(29,30)22-8-6-20(24)7-9-22)21-14-18(16-26-10-2-3-11-26)23(28)19(15-21)17-27-12-4-5-13-27;;/h6-9,14-15,28H,2-5,10-13,16-17H2,1H3;2*1H. The van der Waals surface area contributed by atoms with Crippen molar-refractivity contribution in [3.8, 4) is 5.75 Å². The highest BCUT2D eigenvalue weighted by atomic mass is 35.5. The van der Waals surface area contributed by atoms with Gasteiger partial charge in [0.2, 0.25) is 0 Å². The summed E-state index contributed by atoms with van der Waals surface area (Å²) in [5, 5.41) is 11.5. The third-order valence-corrected chi connectivity index (χ3v) is 8.33. The van der Waals surface area contributed by atoms with Crippen molar-refractivity contribution in [3.05, 3.63) is 52.5 Å². The predicted octanol–water partition coefficient (Wildman–Crippen LogP) is 4.91. The first kappa shape index (κ1) is 28.0. The molecular formula is C23H32Cl3N3O3S. The zero-order chi connectivity index (χ0) is 22.0. The van der Waals surface area contributed by atoms with E-state index in [0.29, 0.717) is 29.5 Å². The van der Waals surface area contributed by atoms with E-state index in [2.05, 4.69) is 9.80 Å². The van der Waals surface area contributed by atoms with E-state index in [0.717, 1.165) is 63.0 Å². The molecule has 4 rings (SSSR count). The van der Waals surface area contributed by atoms with Crippen molar-refractivity contribution < 1.29 is 13.5 Å². The molecule has 184 valence electrons. The number of benzene rings is 2. The number of aromatic hydroxyl groups is 1. The summed E-state index contributed by atoms with van der Waals surface area (Å²) in [7, 11) is -2.18. The highest BCUT2D eigenvalue weighted by Crippen LogP contribution is 2.34. The van der Waals surface area contributed by atoms with Gasteiger partial charge in [-0.15, -0.1) is 24.8 Å². The number of nitrogens with zero attached hydrogens (tertiary/aromatic N) is 3. The molecule has 1 N–H and O–H groups in total. The van der Waals surface area contributed by atoms with E-state index in [4.69, 9.17) is 11.6 Å². The number of anilines is 1. The number of phenolic OH excluding ortho intramolecular Hbond substituents is 1. The summed E-state index contributed by atoms with van der Waals surface area (Å²) in [4.78, 5) is 4.81. The lowest BCUT2D eigenvalue weighted by Gasteiger charge is -2.25. The second-order valence-electron chi connectivity index (χ2n) is 8.51. The topological polar surface area (TPSA) is 64.1 Å². The van der Waals surface area contributed by atoms with Crippen LogP contribution in [-0.4, -0.2) is 56.6 Å². The summed E-state index contributed by atoms with van der Waals surface area (Å²) >= 11 is 5.93. The molecule has 0 bridgehead atoms. The number of hydrogen-bond donors (Lipinski definition) is 1. The third kappa shape index (κ3) is 6.47. The zero-order valence-corrected chi connectivity index (χ0v) is 21.9. The summed E-state index contributed by atoms with van der Waals surface area (Å²) in [6.07, 6.45) is 4.63. The van der Waals surface area contributed by atoms with Crippen molar-refractivity contribution in [3.63, 3.8) is 0 Å². The van der Waals surface area contributed by atoms with Crippen LogP contribution in [0.1, 0.15) is 36.8 Å². The summed E-state index contributed by atoms with van der Waals surface area (Å²) in [6, 6.07) is 9.83. The number of likely N-dealkylation sites (tertiary alicyclic amines) is 2. The minimum atomic E-state index is -3.74. The molecule has 0 unspecified atom stereocenters. The Bertz CT molecular complexity index is 984. The second-order valence-corrected chi connectivity index (χ2v) is 10.9. The Kier molecular flexibility index (Phi) is 10.2. The molecule has 2 fully saturated rings. The molecule has 0 saturated carbocycles. The normalized spacial score (nSPS) is 16.9. The first-order valence-electron chi connectivity index (χ1n) is 10.9. The van der Waals surface area contributed by atoms with Crippen LogP contribution in [0.25, 0.3) is 0 Å². The van der Waals surface area contributed by atoms with Crippen LogP contribution in [0.5, 0.6) is 5.75 Å². The van der Waals surface area contributed by atoms with Crippen LogP contribution in [-0.2, 0) is 23.1 Å².